The van der Waals surface area contributed by atoms with Crippen LogP contribution in [0.4, 0.5) is 5.69 Å². The molecule has 0 aliphatic heterocycles. The highest BCUT2D eigenvalue weighted by atomic mass is 32.2. The predicted octanol–water partition coefficient (Wildman–Crippen LogP) is 0.639. The number of primary sulfonamides is 1. The number of benzene rings is 2. The van der Waals surface area contributed by atoms with E-state index < -0.39 is 27.5 Å². The molecule has 9 nitrogen and oxygen atoms in total. The van der Waals surface area contributed by atoms with E-state index in [1.165, 1.54) is 31.2 Å². The Morgan fingerprint density at radius 3 is 2.46 bits per heavy atom. The number of anilines is 1. The summed E-state index contributed by atoms with van der Waals surface area (Å²) in [5, 5.41) is 15.7. The summed E-state index contributed by atoms with van der Waals surface area (Å²) in [5.74, 6) is -0.500. The van der Waals surface area contributed by atoms with E-state index in [1.807, 2.05) is 0 Å². The van der Waals surface area contributed by atoms with E-state index in [4.69, 9.17) is 5.14 Å². The van der Waals surface area contributed by atoms with Gasteiger partial charge >= 0.3 is 0 Å². The molecule has 1 heterocycles. The van der Waals surface area contributed by atoms with Crippen LogP contribution in [0.1, 0.15) is 13.0 Å². The maximum Gasteiger partial charge on any atom is 0.278 e. The summed E-state index contributed by atoms with van der Waals surface area (Å²) in [6.07, 6.45) is 0. The number of nitrogens with two attached hydrogens (primary N) is 1. The highest BCUT2D eigenvalue weighted by Gasteiger charge is 2.19. The third kappa shape index (κ3) is 3.46. The zero-order valence-corrected chi connectivity index (χ0v) is 14.5. The highest BCUT2D eigenvalue weighted by Crippen LogP contribution is 2.14. The normalized spacial score (nSPS) is 12.7. The molecule has 0 saturated carbocycles. The lowest BCUT2D eigenvalue weighted by molar-refractivity contribution is -0.119. The van der Waals surface area contributed by atoms with E-state index in [9.17, 15) is 18.0 Å². The molecule has 1 atom stereocenters. The van der Waals surface area contributed by atoms with E-state index >= 15 is 0 Å². The van der Waals surface area contributed by atoms with Gasteiger partial charge in [0.1, 0.15) is 11.6 Å². The minimum Gasteiger partial charge on any atom is -0.324 e. The molecule has 0 aliphatic carbocycles. The number of carbonyl (C=O) groups excluding carboxylic acids is 1. The van der Waals surface area contributed by atoms with Crippen molar-refractivity contribution in [3.8, 4) is 0 Å². The smallest absolute Gasteiger partial charge is 0.278 e. The summed E-state index contributed by atoms with van der Waals surface area (Å²) >= 11 is 0. The molecule has 0 fully saturated rings. The number of sulfonamides is 1. The molecule has 0 saturated heterocycles. The fourth-order valence-corrected chi connectivity index (χ4v) is 2.86. The van der Waals surface area contributed by atoms with E-state index in [0.717, 1.165) is 4.68 Å². The van der Waals surface area contributed by atoms with Crippen molar-refractivity contribution in [1.82, 2.24) is 15.0 Å². The average molecular weight is 373 g/mol. The summed E-state index contributed by atoms with van der Waals surface area (Å²) in [4.78, 5) is 24.8. The third-order valence-corrected chi connectivity index (χ3v) is 4.72. The van der Waals surface area contributed by atoms with E-state index in [2.05, 4.69) is 15.6 Å². The van der Waals surface area contributed by atoms with Gasteiger partial charge in [0.05, 0.1) is 10.3 Å². The van der Waals surface area contributed by atoms with Crippen molar-refractivity contribution in [1.29, 1.82) is 0 Å². The number of rotatable bonds is 4. The number of aromatic nitrogens is 3. The van der Waals surface area contributed by atoms with Crippen LogP contribution in [0.2, 0.25) is 0 Å². The third-order valence-electron chi connectivity index (χ3n) is 3.79. The molecule has 3 N–H and O–H groups in total. The van der Waals surface area contributed by atoms with Crippen LogP contribution >= 0.6 is 0 Å². The maximum absolute atomic E-state index is 12.5. The van der Waals surface area contributed by atoms with Crippen molar-refractivity contribution in [2.75, 3.05) is 5.32 Å². The molecule has 1 aromatic heterocycles. The molecule has 0 spiro atoms. The number of nitrogens with zero attached hydrogens (tertiary/aromatic N) is 3. The first kappa shape index (κ1) is 17.7. The van der Waals surface area contributed by atoms with Crippen molar-refractivity contribution < 1.29 is 13.2 Å². The van der Waals surface area contributed by atoms with Gasteiger partial charge in [0, 0.05) is 5.69 Å². The molecule has 1 amide bonds. The Hall–Kier alpha value is -3.11. The lowest BCUT2D eigenvalue weighted by Gasteiger charge is -2.14. The van der Waals surface area contributed by atoms with Crippen molar-refractivity contribution in [3.63, 3.8) is 0 Å². The molecule has 0 bridgehead atoms. The van der Waals surface area contributed by atoms with E-state index in [-0.39, 0.29) is 4.90 Å². The first-order valence-electron chi connectivity index (χ1n) is 7.55. The molecule has 26 heavy (non-hydrogen) atoms. The fourth-order valence-electron chi connectivity index (χ4n) is 2.34. The van der Waals surface area contributed by atoms with Gasteiger partial charge in [-0.25, -0.2) is 13.6 Å². The summed E-state index contributed by atoms with van der Waals surface area (Å²) in [6.45, 7) is 1.51. The van der Waals surface area contributed by atoms with Crippen molar-refractivity contribution in [3.05, 3.63) is 58.9 Å². The van der Waals surface area contributed by atoms with Gasteiger partial charge in [-0.15, -0.1) is 5.10 Å². The van der Waals surface area contributed by atoms with Gasteiger partial charge in [-0.1, -0.05) is 17.3 Å². The summed E-state index contributed by atoms with van der Waals surface area (Å²) in [7, 11) is -3.81. The molecule has 0 radical (unpaired) electrons. The minimum absolute atomic E-state index is 0.0693. The first-order valence-corrected chi connectivity index (χ1v) is 9.10. The Morgan fingerprint density at radius 1 is 1.15 bits per heavy atom. The molecular formula is C16H15N5O4S. The van der Waals surface area contributed by atoms with Crippen molar-refractivity contribution >= 4 is 32.5 Å². The number of hydrogen-bond acceptors (Lipinski definition) is 6. The zero-order chi connectivity index (χ0) is 18.9. The van der Waals surface area contributed by atoms with Gasteiger partial charge in [0.15, 0.2) is 0 Å². The lowest BCUT2D eigenvalue weighted by atomic mass is 10.2. The molecule has 0 aliphatic rings. The quantitative estimate of drug-likeness (QED) is 0.688. The standard InChI is InChI=1S/C16H15N5O4S/c1-10(21-16(23)13-4-2-3-5-14(13)19-20-21)15(22)18-11-6-8-12(9-7-11)26(17,24)25/h2-10H,1H3,(H,18,22)(H2,17,24,25)/t10-/m1/s1. The van der Waals surface area contributed by atoms with Gasteiger partial charge in [-0.05, 0) is 43.3 Å². The molecular weight excluding hydrogens is 358 g/mol. The molecule has 2 aromatic carbocycles. The highest BCUT2D eigenvalue weighted by molar-refractivity contribution is 7.89. The first-order chi connectivity index (χ1) is 12.3. The van der Waals surface area contributed by atoms with Crippen molar-refractivity contribution in [2.45, 2.75) is 17.9 Å². The predicted molar refractivity (Wildman–Crippen MR) is 95.0 cm³/mol. The van der Waals surface area contributed by atoms with Gasteiger partial charge < -0.3 is 5.32 Å². The van der Waals surface area contributed by atoms with Gasteiger partial charge in [-0.2, -0.15) is 4.68 Å². The number of fused-ring (bicyclic) bond motifs is 1. The van der Waals surface area contributed by atoms with Crippen LogP contribution in [0.15, 0.2) is 58.2 Å². The molecule has 3 rings (SSSR count). The Balaban J connectivity index is 1.84. The largest absolute Gasteiger partial charge is 0.324 e. The van der Waals surface area contributed by atoms with Crippen LogP contribution < -0.4 is 16.0 Å². The number of hydrogen-bond donors (Lipinski definition) is 2. The van der Waals surface area contributed by atoms with Gasteiger partial charge in [0.25, 0.3) is 5.56 Å². The van der Waals surface area contributed by atoms with Gasteiger partial charge in [-0.3, -0.25) is 9.59 Å². The van der Waals surface area contributed by atoms with Crippen LogP contribution in [0.5, 0.6) is 0 Å². The summed E-state index contributed by atoms with van der Waals surface area (Å²) < 4.78 is 23.5. The van der Waals surface area contributed by atoms with Crippen LogP contribution in [-0.4, -0.2) is 29.3 Å². The summed E-state index contributed by atoms with van der Waals surface area (Å²) in [5.41, 5.74) is 0.374. The zero-order valence-electron chi connectivity index (χ0n) is 13.7. The molecule has 3 aromatic rings. The van der Waals surface area contributed by atoms with E-state index in [0.29, 0.717) is 16.6 Å². The Labute approximate surface area is 148 Å². The second-order valence-corrected chi connectivity index (χ2v) is 7.15. The summed E-state index contributed by atoms with van der Waals surface area (Å²) in [6, 6.07) is 11.1. The number of amides is 1. The fraction of sp³-hybridized carbons (Fsp3) is 0.125. The maximum atomic E-state index is 12.5. The Bertz CT molecular complexity index is 1140. The Kier molecular flexibility index (Phi) is 4.53. The number of carbonyl (C=O) groups is 1. The van der Waals surface area contributed by atoms with Gasteiger partial charge in [0.2, 0.25) is 15.9 Å². The molecule has 10 heteroatoms. The topological polar surface area (TPSA) is 137 Å². The molecule has 134 valence electrons. The second-order valence-electron chi connectivity index (χ2n) is 5.59. The SMILES string of the molecule is C[C@H](C(=O)Nc1ccc(S(N)(=O)=O)cc1)n1nnc2ccccc2c1=O. The van der Waals surface area contributed by atoms with Crippen LogP contribution in [0.25, 0.3) is 10.9 Å². The van der Waals surface area contributed by atoms with Crippen LogP contribution in [-0.2, 0) is 14.8 Å². The second kappa shape index (κ2) is 6.65. The van der Waals surface area contributed by atoms with Crippen molar-refractivity contribution in [2.24, 2.45) is 5.14 Å². The average Bonchev–Trinajstić information content (AvgIpc) is 2.61. The molecule has 0 unspecified atom stereocenters. The van der Waals surface area contributed by atoms with E-state index in [1.54, 1.807) is 24.3 Å². The minimum atomic E-state index is -3.81. The lowest BCUT2D eigenvalue weighted by Crippen LogP contribution is -2.34. The Morgan fingerprint density at radius 2 is 1.81 bits per heavy atom. The monoisotopic (exact) mass is 373 g/mol. The number of nitrogens with one attached hydrogen (secondary N) is 1. The van der Waals surface area contributed by atoms with Crippen LogP contribution in [0, 0.1) is 0 Å². The van der Waals surface area contributed by atoms with Crippen LogP contribution in [0.3, 0.4) is 0 Å².